The summed E-state index contributed by atoms with van der Waals surface area (Å²) in [6.45, 7) is 4.66. The maximum absolute atomic E-state index is 13.7. The van der Waals surface area contributed by atoms with E-state index < -0.39 is 38.4 Å². The maximum atomic E-state index is 13.7. The summed E-state index contributed by atoms with van der Waals surface area (Å²) in [5.74, 6) is -1.92. The number of aliphatic carboxylic acids is 1. The van der Waals surface area contributed by atoms with Gasteiger partial charge in [-0.3, -0.25) is 9.78 Å². The number of pyridine rings is 1. The van der Waals surface area contributed by atoms with E-state index in [4.69, 9.17) is 0 Å². The fourth-order valence-corrected chi connectivity index (χ4v) is 7.19. The SMILES string of the molecule is Cc1ccc2c(c1-c1ccc(C(F)(F)F)cn1)C(C)CC2(C(=O)O)S(=O)(=O)N1CCNCC1. The number of rotatable bonds is 4. The van der Waals surface area contributed by atoms with Crippen molar-refractivity contribution in [1.29, 1.82) is 0 Å². The first-order valence-corrected chi connectivity index (χ1v) is 12.0. The van der Waals surface area contributed by atoms with E-state index in [9.17, 15) is 31.5 Å². The lowest BCUT2D eigenvalue weighted by Crippen LogP contribution is -2.55. The minimum absolute atomic E-state index is 0.156. The van der Waals surface area contributed by atoms with Gasteiger partial charge >= 0.3 is 12.1 Å². The second kappa shape index (κ2) is 8.07. The van der Waals surface area contributed by atoms with Gasteiger partial charge in [0.2, 0.25) is 14.8 Å². The van der Waals surface area contributed by atoms with Gasteiger partial charge < -0.3 is 10.4 Å². The average molecular weight is 484 g/mol. The lowest BCUT2D eigenvalue weighted by molar-refractivity contribution is -0.140. The molecule has 2 aliphatic rings. The van der Waals surface area contributed by atoms with E-state index >= 15 is 0 Å². The zero-order valence-corrected chi connectivity index (χ0v) is 18.9. The summed E-state index contributed by atoms with van der Waals surface area (Å²) in [5.41, 5.74) is 1.16. The molecule has 2 heterocycles. The summed E-state index contributed by atoms with van der Waals surface area (Å²) in [5, 5.41) is 13.3. The van der Waals surface area contributed by atoms with Crippen LogP contribution in [0.2, 0.25) is 0 Å². The standard InChI is InChI=1S/C22H24F3N3O4S/c1-13-3-5-16-18(19(13)17-6-4-15(12-27-17)22(23,24)25)14(2)11-21(16,20(29)30)33(31,32)28-9-7-26-8-10-28/h3-6,12,14,26H,7-11H2,1-2H3,(H,29,30). The minimum atomic E-state index is -4.54. The van der Waals surface area contributed by atoms with Gasteiger partial charge in [0.05, 0.1) is 11.3 Å². The molecule has 2 aromatic rings. The zero-order valence-electron chi connectivity index (χ0n) is 18.1. The average Bonchev–Trinajstić information content (AvgIpc) is 3.08. The van der Waals surface area contributed by atoms with Crippen LogP contribution in [0.25, 0.3) is 11.3 Å². The topological polar surface area (TPSA) is 99.6 Å². The molecule has 178 valence electrons. The van der Waals surface area contributed by atoms with Gasteiger partial charge in [0.25, 0.3) is 0 Å². The molecule has 1 aromatic heterocycles. The third-order valence-electron chi connectivity index (χ3n) is 6.52. The molecule has 0 bridgehead atoms. The second-order valence-electron chi connectivity index (χ2n) is 8.54. The molecular weight excluding hydrogens is 459 g/mol. The van der Waals surface area contributed by atoms with E-state index in [-0.39, 0.29) is 30.8 Å². The monoisotopic (exact) mass is 483 g/mol. The van der Waals surface area contributed by atoms with Crippen LogP contribution in [0.4, 0.5) is 13.2 Å². The van der Waals surface area contributed by atoms with E-state index in [1.165, 1.54) is 16.4 Å². The van der Waals surface area contributed by atoms with Gasteiger partial charge in [-0.1, -0.05) is 19.1 Å². The molecule has 1 fully saturated rings. The van der Waals surface area contributed by atoms with E-state index in [1.807, 2.05) is 0 Å². The van der Waals surface area contributed by atoms with Gasteiger partial charge in [-0.05, 0) is 48.1 Å². The minimum Gasteiger partial charge on any atom is -0.480 e. The molecule has 4 rings (SSSR count). The molecule has 1 aromatic carbocycles. The Labute approximate surface area is 189 Å². The number of aryl methyl sites for hydroxylation is 1. The highest BCUT2D eigenvalue weighted by Crippen LogP contribution is 2.54. The smallest absolute Gasteiger partial charge is 0.417 e. The lowest BCUT2D eigenvalue weighted by Gasteiger charge is -2.35. The van der Waals surface area contributed by atoms with Crippen molar-refractivity contribution < 1.29 is 31.5 Å². The molecule has 0 spiro atoms. The Morgan fingerprint density at radius 2 is 1.88 bits per heavy atom. The number of carboxylic acid groups (broad SMARTS) is 1. The van der Waals surface area contributed by atoms with Gasteiger partial charge in [0.15, 0.2) is 0 Å². The van der Waals surface area contributed by atoms with Gasteiger partial charge in [0, 0.05) is 37.9 Å². The van der Waals surface area contributed by atoms with Crippen molar-refractivity contribution in [3.63, 3.8) is 0 Å². The highest BCUT2D eigenvalue weighted by Gasteiger charge is 2.60. The molecule has 11 heteroatoms. The summed E-state index contributed by atoms with van der Waals surface area (Å²) < 4.78 is 65.5. The van der Waals surface area contributed by atoms with E-state index in [0.29, 0.717) is 29.8 Å². The van der Waals surface area contributed by atoms with Crippen LogP contribution in [-0.4, -0.2) is 55.0 Å². The Balaban J connectivity index is 1.92. The third kappa shape index (κ3) is 3.62. The van der Waals surface area contributed by atoms with Crippen LogP contribution in [-0.2, 0) is 25.7 Å². The van der Waals surface area contributed by atoms with Crippen LogP contribution in [0, 0.1) is 6.92 Å². The third-order valence-corrected chi connectivity index (χ3v) is 9.01. The van der Waals surface area contributed by atoms with Crippen molar-refractivity contribution in [3.05, 3.63) is 52.7 Å². The fourth-order valence-electron chi connectivity index (χ4n) is 4.95. The van der Waals surface area contributed by atoms with Crippen LogP contribution in [0.3, 0.4) is 0 Å². The molecule has 1 aliphatic carbocycles. The summed E-state index contributed by atoms with van der Waals surface area (Å²) in [7, 11) is -4.28. The Hall–Kier alpha value is -2.50. The number of piperazine rings is 1. The first kappa shape index (κ1) is 23.7. The van der Waals surface area contributed by atoms with Crippen molar-refractivity contribution in [1.82, 2.24) is 14.6 Å². The Morgan fingerprint density at radius 1 is 1.21 bits per heavy atom. The lowest BCUT2D eigenvalue weighted by atomic mass is 9.90. The zero-order chi connectivity index (χ0) is 24.2. The van der Waals surface area contributed by atoms with Crippen molar-refractivity contribution in [2.45, 2.75) is 37.1 Å². The highest BCUT2D eigenvalue weighted by molar-refractivity contribution is 7.90. The molecular formula is C22H24F3N3O4S. The second-order valence-corrected chi connectivity index (χ2v) is 10.7. The molecule has 2 atom stereocenters. The number of benzene rings is 1. The normalized spacial score (nSPS) is 24.0. The van der Waals surface area contributed by atoms with Crippen molar-refractivity contribution in [2.24, 2.45) is 0 Å². The Morgan fingerprint density at radius 3 is 2.42 bits per heavy atom. The summed E-state index contributed by atoms with van der Waals surface area (Å²) in [6, 6.07) is 5.29. The number of nitrogens with one attached hydrogen (secondary N) is 1. The molecule has 2 unspecified atom stereocenters. The number of sulfonamides is 1. The number of fused-ring (bicyclic) bond motifs is 1. The van der Waals surface area contributed by atoms with E-state index in [0.717, 1.165) is 12.3 Å². The maximum Gasteiger partial charge on any atom is 0.417 e. The first-order chi connectivity index (χ1) is 15.4. The quantitative estimate of drug-likeness (QED) is 0.694. The largest absolute Gasteiger partial charge is 0.480 e. The molecule has 0 saturated carbocycles. The number of carboxylic acids is 1. The number of alkyl halides is 3. The van der Waals surface area contributed by atoms with E-state index in [2.05, 4.69) is 10.3 Å². The Kier molecular flexibility index (Phi) is 5.78. The first-order valence-electron chi connectivity index (χ1n) is 10.5. The number of aromatic nitrogens is 1. The van der Waals surface area contributed by atoms with Crippen LogP contribution in [0.15, 0.2) is 30.5 Å². The molecule has 33 heavy (non-hydrogen) atoms. The van der Waals surface area contributed by atoms with Gasteiger partial charge in [-0.2, -0.15) is 17.5 Å². The highest BCUT2D eigenvalue weighted by atomic mass is 32.2. The molecule has 7 nitrogen and oxygen atoms in total. The van der Waals surface area contributed by atoms with Crippen molar-refractivity contribution in [2.75, 3.05) is 26.2 Å². The molecule has 1 saturated heterocycles. The molecule has 1 aliphatic heterocycles. The predicted molar refractivity (Wildman–Crippen MR) is 115 cm³/mol. The number of halogens is 3. The number of hydrogen-bond acceptors (Lipinski definition) is 5. The van der Waals surface area contributed by atoms with Gasteiger partial charge in [-0.15, -0.1) is 0 Å². The number of nitrogens with zero attached hydrogens (tertiary/aromatic N) is 2. The summed E-state index contributed by atoms with van der Waals surface area (Å²) in [4.78, 5) is 16.6. The summed E-state index contributed by atoms with van der Waals surface area (Å²) >= 11 is 0. The van der Waals surface area contributed by atoms with Crippen LogP contribution < -0.4 is 5.32 Å². The van der Waals surface area contributed by atoms with Gasteiger partial charge in [0.1, 0.15) is 0 Å². The van der Waals surface area contributed by atoms with Crippen molar-refractivity contribution in [3.8, 4) is 11.3 Å². The van der Waals surface area contributed by atoms with E-state index in [1.54, 1.807) is 19.9 Å². The van der Waals surface area contributed by atoms with Crippen LogP contribution in [0.5, 0.6) is 0 Å². The Bertz CT molecular complexity index is 1190. The van der Waals surface area contributed by atoms with Crippen LogP contribution in [0.1, 0.15) is 41.5 Å². The fraction of sp³-hybridized carbons (Fsp3) is 0.455. The van der Waals surface area contributed by atoms with Gasteiger partial charge in [-0.25, -0.2) is 8.42 Å². The predicted octanol–water partition coefficient (Wildman–Crippen LogP) is 3.10. The molecule has 0 radical (unpaired) electrons. The molecule has 2 N–H and O–H groups in total. The molecule has 0 amide bonds. The number of hydrogen-bond donors (Lipinski definition) is 2. The van der Waals surface area contributed by atoms with Crippen LogP contribution >= 0.6 is 0 Å². The summed E-state index contributed by atoms with van der Waals surface area (Å²) in [6.07, 6.45) is -3.97. The van der Waals surface area contributed by atoms with Crippen molar-refractivity contribution >= 4 is 16.0 Å². The number of carbonyl (C=O) groups is 1.